The monoisotopic (exact) mass is 430 g/mol. The number of aliphatic imine (C=N–C) groups is 1. The maximum Gasteiger partial charge on any atom is 0.193 e. The minimum Gasteiger partial charge on any atom is -0.370 e. The lowest BCUT2D eigenvalue weighted by atomic mass is 10.1. The number of nitrogens with two attached hydrogens (primary N) is 1. The molecular weight excluding hydrogens is 407 g/mol. The Morgan fingerprint density at radius 2 is 2.14 bits per heavy atom. The van der Waals surface area contributed by atoms with Gasteiger partial charge in [-0.1, -0.05) is 26.0 Å². The Labute approximate surface area is 153 Å². The summed E-state index contributed by atoms with van der Waals surface area (Å²) in [5.41, 5.74) is 8.18. The van der Waals surface area contributed by atoms with Crippen LogP contribution in [0.3, 0.4) is 0 Å². The van der Waals surface area contributed by atoms with Crippen molar-refractivity contribution in [3.05, 3.63) is 45.9 Å². The first-order valence-corrected chi connectivity index (χ1v) is 8.12. The zero-order valence-electron chi connectivity index (χ0n) is 13.0. The molecule has 2 rings (SSSR count). The molecular formula is C16H23IN4S. The molecule has 0 spiro atoms. The van der Waals surface area contributed by atoms with Crippen LogP contribution in [-0.4, -0.2) is 17.5 Å². The fraction of sp³-hybridized carbons (Fsp3) is 0.375. The molecule has 4 nitrogen and oxygen atoms in total. The summed E-state index contributed by atoms with van der Waals surface area (Å²) in [4.78, 5) is 10.1. The Hall–Kier alpha value is -1.15. The molecule has 0 aliphatic heterocycles. The molecule has 1 aromatic heterocycles. The van der Waals surface area contributed by atoms with E-state index in [2.05, 4.69) is 41.3 Å². The Bertz CT molecular complexity index is 610. The zero-order valence-corrected chi connectivity index (χ0v) is 16.2. The van der Waals surface area contributed by atoms with E-state index in [9.17, 15) is 0 Å². The molecule has 1 heterocycles. The van der Waals surface area contributed by atoms with Gasteiger partial charge in [0.2, 0.25) is 0 Å². The molecule has 0 atom stereocenters. The highest BCUT2D eigenvalue weighted by molar-refractivity contribution is 14.0. The van der Waals surface area contributed by atoms with Crippen LogP contribution < -0.4 is 11.1 Å². The number of halogens is 1. The molecule has 6 heteroatoms. The second-order valence-corrected chi connectivity index (χ2v) is 5.97. The third-order valence-electron chi connectivity index (χ3n) is 3.17. The summed E-state index contributed by atoms with van der Waals surface area (Å²) in [5, 5.41) is 4.25. The molecule has 1 aromatic carbocycles. The lowest BCUT2D eigenvalue weighted by molar-refractivity contribution is 0.949. The average molecular weight is 430 g/mol. The van der Waals surface area contributed by atoms with Gasteiger partial charge < -0.3 is 11.1 Å². The second kappa shape index (κ2) is 9.78. The molecule has 0 radical (unpaired) electrons. The van der Waals surface area contributed by atoms with E-state index in [0.29, 0.717) is 12.5 Å². The third-order valence-corrected chi connectivity index (χ3v) is 4.37. The van der Waals surface area contributed by atoms with E-state index in [0.717, 1.165) is 30.0 Å². The van der Waals surface area contributed by atoms with Gasteiger partial charge in [0.05, 0.1) is 5.01 Å². The summed E-state index contributed by atoms with van der Waals surface area (Å²) in [6.07, 6.45) is 4.83. The molecule has 0 unspecified atom stereocenters. The number of aromatic nitrogens is 1. The quantitative estimate of drug-likeness (QED) is 0.416. The number of nitrogens with zero attached hydrogens (tertiary/aromatic N) is 2. The molecule has 0 amide bonds. The molecule has 0 bridgehead atoms. The fourth-order valence-electron chi connectivity index (χ4n) is 1.96. The standard InChI is InChI=1S/C16H22N4S.HI/c1-3-12-6-5-7-13(10-12)20-16(17)18-9-8-15-19-11-14(4-2)21-15;/h5-7,10-11H,3-4,8-9H2,1-2H3,(H3,17,18,20);1H. The van der Waals surface area contributed by atoms with Crippen LogP contribution in [0.25, 0.3) is 0 Å². The molecule has 0 saturated heterocycles. The second-order valence-electron chi connectivity index (χ2n) is 4.77. The van der Waals surface area contributed by atoms with Gasteiger partial charge in [-0.2, -0.15) is 0 Å². The number of hydrogen-bond acceptors (Lipinski definition) is 3. The van der Waals surface area contributed by atoms with Crippen molar-refractivity contribution < 1.29 is 0 Å². The highest BCUT2D eigenvalue weighted by Crippen LogP contribution is 2.14. The van der Waals surface area contributed by atoms with Crippen LogP contribution in [0.1, 0.15) is 29.3 Å². The number of anilines is 1. The van der Waals surface area contributed by atoms with Gasteiger partial charge in [-0.15, -0.1) is 35.3 Å². The Morgan fingerprint density at radius 3 is 2.82 bits per heavy atom. The van der Waals surface area contributed by atoms with E-state index >= 15 is 0 Å². The van der Waals surface area contributed by atoms with E-state index in [1.54, 1.807) is 11.3 Å². The summed E-state index contributed by atoms with van der Waals surface area (Å²) < 4.78 is 0. The minimum absolute atomic E-state index is 0. The Morgan fingerprint density at radius 1 is 1.32 bits per heavy atom. The van der Waals surface area contributed by atoms with Crippen LogP contribution in [0, 0.1) is 0 Å². The van der Waals surface area contributed by atoms with Crippen molar-refractivity contribution in [3.63, 3.8) is 0 Å². The molecule has 3 N–H and O–H groups in total. The van der Waals surface area contributed by atoms with Gasteiger partial charge in [0, 0.05) is 29.7 Å². The number of hydrogen-bond donors (Lipinski definition) is 2. The smallest absolute Gasteiger partial charge is 0.193 e. The predicted molar refractivity (Wildman–Crippen MR) is 107 cm³/mol. The van der Waals surface area contributed by atoms with Gasteiger partial charge in [0.25, 0.3) is 0 Å². The van der Waals surface area contributed by atoms with E-state index < -0.39 is 0 Å². The van der Waals surface area contributed by atoms with Crippen molar-refractivity contribution in [2.75, 3.05) is 11.9 Å². The van der Waals surface area contributed by atoms with Crippen molar-refractivity contribution in [3.8, 4) is 0 Å². The lowest BCUT2D eigenvalue weighted by Crippen LogP contribution is -2.23. The topological polar surface area (TPSA) is 63.3 Å². The molecule has 22 heavy (non-hydrogen) atoms. The maximum absolute atomic E-state index is 5.91. The highest BCUT2D eigenvalue weighted by Gasteiger charge is 2.00. The zero-order chi connectivity index (χ0) is 15.1. The Balaban J connectivity index is 0.00000242. The van der Waals surface area contributed by atoms with Crippen molar-refractivity contribution in [2.45, 2.75) is 33.1 Å². The first-order valence-electron chi connectivity index (χ1n) is 7.30. The van der Waals surface area contributed by atoms with Crippen molar-refractivity contribution >= 4 is 47.0 Å². The van der Waals surface area contributed by atoms with Gasteiger partial charge in [-0.25, -0.2) is 4.98 Å². The summed E-state index contributed by atoms with van der Waals surface area (Å²) in [7, 11) is 0. The summed E-state index contributed by atoms with van der Waals surface area (Å²) >= 11 is 1.75. The van der Waals surface area contributed by atoms with Crippen molar-refractivity contribution in [1.29, 1.82) is 0 Å². The highest BCUT2D eigenvalue weighted by atomic mass is 127. The van der Waals surface area contributed by atoms with Gasteiger partial charge in [-0.3, -0.25) is 4.99 Å². The molecule has 0 aliphatic rings. The summed E-state index contributed by atoms with van der Waals surface area (Å²) in [6.45, 7) is 4.93. The van der Waals surface area contributed by atoms with Gasteiger partial charge in [0.15, 0.2) is 5.96 Å². The van der Waals surface area contributed by atoms with Crippen LogP contribution in [0.15, 0.2) is 35.5 Å². The molecule has 0 fully saturated rings. The first-order chi connectivity index (χ1) is 10.2. The van der Waals surface area contributed by atoms with Crippen molar-refractivity contribution in [2.24, 2.45) is 10.7 Å². The number of aryl methyl sites for hydroxylation is 2. The molecule has 2 aromatic rings. The third kappa shape index (κ3) is 5.92. The molecule has 0 aliphatic carbocycles. The lowest BCUT2D eigenvalue weighted by Gasteiger charge is -2.06. The normalized spacial score (nSPS) is 11.1. The largest absolute Gasteiger partial charge is 0.370 e. The van der Waals surface area contributed by atoms with Gasteiger partial charge in [0.1, 0.15) is 0 Å². The van der Waals surface area contributed by atoms with Crippen LogP contribution in [0.4, 0.5) is 5.69 Å². The van der Waals surface area contributed by atoms with E-state index in [1.165, 1.54) is 10.4 Å². The van der Waals surface area contributed by atoms with E-state index in [-0.39, 0.29) is 24.0 Å². The van der Waals surface area contributed by atoms with Crippen LogP contribution in [0.2, 0.25) is 0 Å². The van der Waals surface area contributed by atoms with Crippen LogP contribution >= 0.6 is 35.3 Å². The van der Waals surface area contributed by atoms with Crippen LogP contribution in [0.5, 0.6) is 0 Å². The maximum atomic E-state index is 5.91. The van der Waals surface area contributed by atoms with E-state index in [1.807, 2.05) is 18.3 Å². The summed E-state index contributed by atoms with van der Waals surface area (Å²) in [6, 6.07) is 8.22. The van der Waals surface area contributed by atoms with Gasteiger partial charge >= 0.3 is 0 Å². The SMILES string of the molecule is CCc1cccc(NC(N)=NCCc2ncc(CC)s2)c1.I. The number of nitrogens with one attached hydrogen (secondary N) is 1. The number of rotatable bonds is 6. The molecule has 120 valence electrons. The van der Waals surface area contributed by atoms with E-state index in [4.69, 9.17) is 5.73 Å². The Kier molecular flexibility index (Phi) is 8.40. The predicted octanol–water partition coefficient (Wildman–Crippen LogP) is 3.86. The number of thiazole rings is 1. The average Bonchev–Trinajstić information content (AvgIpc) is 2.95. The number of guanidine groups is 1. The van der Waals surface area contributed by atoms with Crippen molar-refractivity contribution in [1.82, 2.24) is 4.98 Å². The molecule has 0 saturated carbocycles. The minimum atomic E-state index is 0. The van der Waals surface area contributed by atoms with Crippen LogP contribution in [-0.2, 0) is 19.3 Å². The fourth-order valence-corrected chi connectivity index (χ4v) is 2.81. The number of benzene rings is 1. The first kappa shape index (κ1) is 18.9. The summed E-state index contributed by atoms with van der Waals surface area (Å²) in [5.74, 6) is 0.454. The van der Waals surface area contributed by atoms with Gasteiger partial charge in [-0.05, 0) is 30.5 Å².